The lowest BCUT2D eigenvalue weighted by atomic mass is 9.93. The van der Waals surface area contributed by atoms with Crippen molar-refractivity contribution in [3.05, 3.63) is 89.0 Å². The van der Waals surface area contributed by atoms with Crippen molar-refractivity contribution < 1.29 is 22.7 Å². The van der Waals surface area contributed by atoms with Gasteiger partial charge in [0.1, 0.15) is 5.75 Å². The highest BCUT2D eigenvalue weighted by Gasteiger charge is 2.33. The summed E-state index contributed by atoms with van der Waals surface area (Å²) in [5, 5.41) is 3.89. The molecular weight excluding hydrogens is 682 g/mol. The van der Waals surface area contributed by atoms with Crippen LogP contribution in [0.25, 0.3) is 22.2 Å². The van der Waals surface area contributed by atoms with Gasteiger partial charge in [0, 0.05) is 35.2 Å². The first-order chi connectivity index (χ1) is 25.2. The third-order valence-electron chi connectivity index (χ3n) is 9.93. The molecule has 0 unspecified atom stereocenters. The van der Waals surface area contributed by atoms with Crippen molar-refractivity contribution in [2.24, 2.45) is 0 Å². The van der Waals surface area contributed by atoms with Crippen molar-refractivity contribution in [2.45, 2.75) is 96.4 Å². The van der Waals surface area contributed by atoms with Crippen LogP contribution in [0.5, 0.6) is 5.75 Å². The number of alkyl halides is 3. The monoisotopic (exact) mass is 734 g/mol. The molecule has 2 saturated heterocycles. The molecule has 6 nitrogen and oxygen atoms in total. The fraction of sp³-hybridized carbons (Fsp3) is 0.476. The molecule has 2 aliphatic heterocycles. The van der Waals surface area contributed by atoms with Gasteiger partial charge >= 0.3 is 6.18 Å². The van der Waals surface area contributed by atoms with E-state index in [4.69, 9.17) is 9.72 Å². The van der Waals surface area contributed by atoms with Gasteiger partial charge < -0.3 is 15.0 Å². The molecule has 4 aromatic rings. The van der Waals surface area contributed by atoms with E-state index in [1.165, 1.54) is 25.3 Å². The van der Waals surface area contributed by atoms with Crippen LogP contribution in [0.1, 0.15) is 99.8 Å². The molecule has 1 N–H and O–H groups in total. The minimum Gasteiger partial charge on any atom is -0.493 e. The van der Waals surface area contributed by atoms with Gasteiger partial charge in [0.2, 0.25) is 0 Å². The van der Waals surface area contributed by atoms with Gasteiger partial charge in [-0.2, -0.15) is 13.2 Å². The van der Waals surface area contributed by atoms with Crippen LogP contribution in [-0.2, 0) is 12.7 Å². The first-order valence-electron chi connectivity index (χ1n) is 18.9. The summed E-state index contributed by atoms with van der Waals surface area (Å²) in [4.78, 5) is 25.6. The molecule has 1 atom stereocenters. The number of ether oxygens (including phenoxy) is 1. The van der Waals surface area contributed by atoms with Crippen LogP contribution < -0.4 is 10.1 Å². The Balaban J connectivity index is 0.00000257. The van der Waals surface area contributed by atoms with Gasteiger partial charge in [-0.25, -0.2) is 4.98 Å². The maximum Gasteiger partial charge on any atom is 0.416 e. The van der Waals surface area contributed by atoms with Crippen molar-refractivity contribution in [3.8, 4) is 17.0 Å². The Hall–Kier alpha value is -3.60. The summed E-state index contributed by atoms with van der Waals surface area (Å²) in [6.07, 6.45) is 1.28. The Morgan fingerprint density at radius 2 is 1.67 bits per heavy atom. The summed E-state index contributed by atoms with van der Waals surface area (Å²) >= 11 is 1.62. The first-order valence-corrected chi connectivity index (χ1v) is 19.9. The van der Waals surface area contributed by atoms with Crippen molar-refractivity contribution in [2.75, 3.05) is 38.5 Å². The normalized spacial score (nSPS) is 16.6. The van der Waals surface area contributed by atoms with E-state index in [1.54, 1.807) is 17.8 Å². The van der Waals surface area contributed by atoms with Gasteiger partial charge in [-0.3, -0.25) is 9.69 Å². The number of likely N-dealkylation sites (tertiary alicyclic amines) is 2. The zero-order valence-corrected chi connectivity index (χ0v) is 32.0. The maximum atomic E-state index is 14.7. The van der Waals surface area contributed by atoms with Gasteiger partial charge in [0.15, 0.2) is 0 Å². The molecule has 10 heteroatoms. The van der Waals surface area contributed by atoms with Crippen molar-refractivity contribution in [3.63, 3.8) is 0 Å². The number of halogens is 3. The first kappa shape index (κ1) is 39.6. The maximum absolute atomic E-state index is 14.7. The number of piperidine rings is 2. The molecule has 0 saturated carbocycles. The van der Waals surface area contributed by atoms with E-state index in [2.05, 4.69) is 22.0 Å². The highest BCUT2D eigenvalue weighted by Crippen LogP contribution is 2.40. The Kier molecular flexibility index (Phi) is 14.0. The van der Waals surface area contributed by atoms with Crippen LogP contribution >= 0.6 is 11.8 Å². The van der Waals surface area contributed by atoms with Gasteiger partial charge in [0.05, 0.1) is 39.9 Å². The lowest BCUT2D eigenvalue weighted by Gasteiger charge is -2.40. The van der Waals surface area contributed by atoms with Gasteiger partial charge in [0.25, 0.3) is 5.91 Å². The molecule has 1 amide bonds. The van der Waals surface area contributed by atoms with E-state index in [1.807, 2.05) is 70.2 Å². The largest absolute Gasteiger partial charge is 0.493 e. The lowest BCUT2D eigenvalue weighted by molar-refractivity contribution is -0.137. The molecule has 0 radical (unpaired) electrons. The van der Waals surface area contributed by atoms with E-state index in [0.717, 1.165) is 67.4 Å². The van der Waals surface area contributed by atoms with Gasteiger partial charge in [-0.05, 0) is 95.2 Å². The summed E-state index contributed by atoms with van der Waals surface area (Å²) in [5.74, 6) is 1.16. The number of nitrogens with zero attached hydrogens (tertiary/aromatic N) is 3. The number of fused-ring (bicyclic) bond motifs is 1. The highest BCUT2D eigenvalue weighted by molar-refractivity contribution is 7.99. The fourth-order valence-electron chi connectivity index (χ4n) is 7.39. The number of hydrogen-bond donors (Lipinski definition) is 1. The summed E-state index contributed by atoms with van der Waals surface area (Å²) < 4.78 is 48.2. The van der Waals surface area contributed by atoms with E-state index in [9.17, 15) is 18.0 Å². The van der Waals surface area contributed by atoms with E-state index in [-0.39, 0.29) is 11.9 Å². The predicted octanol–water partition coefficient (Wildman–Crippen LogP) is 10.4. The zero-order valence-electron chi connectivity index (χ0n) is 31.2. The second-order valence-electron chi connectivity index (χ2n) is 13.3. The standard InChI is InChI=1S/C40H47F3N4O2S.C2H6/c1-4-49-35-25-34-32(24-36(35)50-5-2)37(39(48)44-27(3)28-13-8-6-9-14-28)33(38(45-34)29-15-12-16-30(23-29)40(41,42)43)26-46-21-17-31(18-22-46)47-19-10-7-11-20-47;1-2/h6,8-9,12-16,23-25,27,31H,4-5,7,10-11,17-22,26H2,1-3H3,(H,44,48);1-2H3/t27-;/m0./s1. The molecular formula is C42H53F3N4O2S. The lowest BCUT2D eigenvalue weighted by Crippen LogP contribution is -2.46. The smallest absolute Gasteiger partial charge is 0.416 e. The molecule has 1 aromatic heterocycles. The number of carbonyl (C=O) groups excluding carboxylic acids is 1. The minimum atomic E-state index is -4.52. The molecule has 2 fully saturated rings. The predicted molar refractivity (Wildman–Crippen MR) is 207 cm³/mol. The quantitative estimate of drug-likeness (QED) is 0.155. The molecule has 0 bridgehead atoms. The summed E-state index contributed by atoms with van der Waals surface area (Å²) in [7, 11) is 0. The number of pyridine rings is 1. The van der Waals surface area contributed by atoms with Crippen LogP contribution in [0.4, 0.5) is 13.2 Å². The molecule has 280 valence electrons. The van der Waals surface area contributed by atoms with E-state index < -0.39 is 11.7 Å². The zero-order chi connectivity index (χ0) is 37.3. The van der Waals surface area contributed by atoms with Crippen molar-refractivity contribution in [1.29, 1.82) is 0 Å². The van der Waals surface area contributed by atoms with E-state index in [0.29, 0.717) is 58.2 Å². The fourth-order valence-corrected chi connectivity index (χ4v) is 8.16. The molecule has 2 aliphatic rings. The summed E-state index contributed by atoms with van der Waals surface area (Å²) in [6.45, 7) is 14.7. The average molecular weight is 735 g/mol. The number of amides is 1. The number of hydrogen-bond acceptors (Lipinski definition) is 6. The second kappa shape index (κ2) is 18.4. The SMILES string of the molecule is CC.CCOc1cc2nc(-c3cccc(C(F)(F)F)c3)c(CN3CCC(N4CCCCC4)CC3)c(C(=O)N[C@@H](C)c3ccccc3)c2cc1SCC. The Morgan fingerprint density at radius 1 is 0.962 bits per heavy atom. The van der Waals surface area contributed by atoms with Crippen LogP contribution in [0.15, 0.2) is 71.6 Å². The van der Waals surface area contributed by atoms with E-state index >= 15 is 0 Å². The van der Waals surface area contributed by atoms with Crippen molar-refractivity contribution >= 4 is 28.6 Å². The summed E-state index contributed by atoms with van der Waals surface area (Å²) in [5.41, 5.74) is 2.52. The highest BCUT2D eigenvalue weighted by atomic mass is 32.2. The van der Waals surface area contributed by atoms with Gasteiger partial charge in [-0.1, -0.05) is 69.7 Å². The van der Waals surface area contributed by atoms with Crippen LogP contribution in [0.2, 0.25) is 0 Å². The third-order valence-corrected chi connectivity index (χ3v) is 10.9. The molecule has 3 aromatic carbocycles. The molecule has 3 heterocycles. The number of nitrogens with one attached hydrogen (secondary N) is 1. The third kappa shape index (κ3) is 9.49. The number of carbonyl (C=O) groups is 1. The Labute approximate surface area is 311 Å². The molecule has 52 heavy (non-hydrogen) atoms. The number of aromatic nitrogens is 1. The van der Waals surface area contributed by atoms with Crippen molar-refractivity contribution in [1.82, 2.24) is 20.1 Å². The minimum absolute atomic E-state index is 0.281. The summed E-state index contributed by atoms with van der Waals surface area (Å²) in [6, 6.07) is 19.1. The Morgan fingerprint density at radius 3 is 2.33 bits per heavy atom. The second-order valence-corrected chi connectivity index (χ2v) is 14.6. The average Bonchev–Trinajstić information content (AvgIpc) is 3.16. The Bertz CT molecular complexity index is 1770. The van der Waals surface area contributed by atoms with Crippen LogP contribution in [0, 0.1) is 0 Å². The molecule has 0 aliphatic carbocycles. The van der Waals surface area contributed by atoms with Crippen LogP contribution in [-0.4, -0.2) is 65.3 Å². The number of thioether (sulfide) groups is 1. The molecule has 0 spiro atoms. The number of rotatable bonds is 11. The molecule has 6 rings (SSSR count). The number of benzene rings is 3. The van der Waals surface area contributed by atoms with Gasteiger partial charge in [-0.15, -0.1) is 11.8 Å². The topological polar surface area (TPSA) is 57.7 Å². The van der Waals surface area contributed by atoms with Crippen LogP contribution in [0.3, 0.4) is 0 Å².